The fourth-order valence-electron chi connectivity index (χ4n) is 4.83. The molecule has 10 heteroatoms. The second-order valence-corrected chi connectivity index (χ2v) is 11.3. The lowest BCUT2D eigenvalue weighted by Crippen LogP contribution is -2.56. The maximum Gasteiger partial charge on any atom is 0.329 e. The predicted octanol–water partition coefficient (Wildman–Crippen LogP) is 2.20. The van der Waals surface area contributed by atoms with Crippen LogP contribution < -0.4 is 10.0 Å². The predicted molar refractivity (Wildman–Crippen MR) is 141 cm³/mol. The van der Waals surface area contributed by atoms with Crippen molar-refractivity contribution >= 4 is 21.9 Å². The Balaban J connectivity index is 1.67. The van der Waals surface area contributed by atoms with Crippen LogP contribution in [0.15, 0.2) is 59.0 Å². The highest BCUT2D eigenvalue weighted by atomic mass is 32.2. The quantitative estimate of drug-likeness (QED) is 0.391. The zero-order chi connectivity index (χ0) is 27.3. The van der Waals surface area contributed by atoms with Crippen LogP contribution in [0.3, 0.4) is 0 Å². The second-order valence-electron chi connectivity index (χ2n) is 9.56. The minimum absolute atomic E-state index is 0.00875. The van der Waals surface area contributed by atoms with Crippen LogP contribution in [-0.2, 0) is 43.7 Å². The van der Waals surface area contributed by atoms with E-state index in [1.807, 2.05) is 19.1 Å². The number of benzene rings is 2. The largest absolute Gasteiger partial charge is 0.464 e. The summed E-state index contributed by atoms with van der Waals surface area (Å²) in [5, 5.41) is 12.6. The Morgan fingerprint density at radius 2 is 2.05 bits per heavy atom. The van der Waals surface area contributed by atoms with Gasteiger partial charge in [-0.3, -0.25) is 4.79 Å². The molecular formula is C28H32N4O5S. The molecule has 200 valence electrons. The van der Waals surface area contributed by atoms with Crippen LogP contribution in [0.25, 0.3) is 0 Å². The first kappa shape index (κ1) is 27.5. The van der Waals surface area contributed by atoms with Crippen molar-refractivity contribution in [3.05, 3.63) is 76.4 Å². The van der Waals surface area contributed by atoms with E-state index in [1.54, 1.807) is 43.3 Å². The van der Waals surface area contributed by atoms with Crippen LogP contribution in [0.1, 0.15) is 42.5 Å². The number of hydrogen-bond donors (Lipinski definition) is 2. The Labute approximate surface area is 223 Å². The lowest BCUT2D eigenvalue weighted by Gasteiger charge is -2.35. The van der Waals surface area contributed by atoms with Gasteiger partial charge < -0.3 is 15.0 Å². The van der Waals surface area contributed by atoms with Gasteiger partial charge in [0, 0.05) is 13.1 Å². The summed E-state index contributed by atoms with van der Waals surface area (Å²) in [7, 11) is -4.09. The van der Waals surface area contributed by atoms with E-state index in [4.69, 9.17) is 4.74 Å². The average molecular weight is 537 g/mol. The van der Waals surface area contributed by atoms with Crippen molar-refractivity contribution in [3.63, 3.8) is 0 Å². The monoisotopic (exact) mass is 536 g/mol. The van der Waals surface area contributed by atoms with E-state index in [2.05, 4.69) is 16.1 Å². The summed E-state index contributed by atoms with van der Waals surface area (Å²) >= 11 is 0. The van der Waals surface area contributed by atoms with E-state index in [0.29, 0.717) is 24.1 Å². The molecule has 0 aromatic heterocycles. The Hall–Kier alpha value is -3.52. The summed E-state index contributed by atoms with van der Waals surface area (Å²) in [5.74, 6) is -1.05. The van der Waals surface area contributed by atoms with Crippen LogP contribution in [0.5, 0.6) is 0 Å². The topological polar surface area (TPSA) is 129 Å². The third-order valence-electron chi connectivity index (χ3n) is 6.84. The molecule has 0 saturated heterocycles. The lowest BCUT2D eigenvalue weighted by atomic mass is 9.98. The summed E-state index contributed by atoms with van der Waals surface area (Å²) in [5.41, 5.74) is 3.98. The number of esters is 1. The van der Waals surface area contributed by atoms with Crippen LogP contribution in [0, 0.1) is 11.3 Å². The van der Waals surface area contributed by atoms with Crippen LogP contribution in [-0.4, -0.2) is 57.0 Å². The first-order valence-corrected chi connectivity index (χ1v) is 14.2. The number of sulfonamides is 1. The molecule has 0 spiro atoms. The fraction of sp³-hybridized carbons (Fsp3) is 0.393. The molecule has 2 N–H and O–H groups in total. The molecule has 2 atom stereocenters. The van der Waals surface area contributed by atoms with E-state index < -0.39 is 34.0 Å². The molecule has 2 aromatic rings. The van der Waals surface area contributed by atoms with E-state index in [0.717, 1.165) is 29.7 Å². The van der Waals surface area contributed by atoms with Crippen molar-refractivity contribution in [2.75, 3.05) is 19.7 Å². The molecule has 1 amide bonds. The molecule has 0 bridgehead atoms. The Morgan fingerprint density at radius 3 is 2.82 bits per heavy atom. The maximum absolute atomic E-state index is 13.9. The lowest BCUT2D eigenvalue weighted by molar-refractivity contribution is -0.155. The van der Waals surface area contributed by atoms with Gasteiger partial charge in [-0.15, -0.1) is 0 Å². The zero-order valence-corrected chi connectivity index (χ0v) is 22.4. The standard InChI is InChI=1S/C28H32N4O5S/c1-3-37-28(34)26-13-19(2)10-12-32(26)27(33)25(15-20-5-4-6-21(14-20)17-29)31-38(35,36)24-8-7-22-9-11-30-18-23(22)16-24/h4-8,10,14,16,25-26,30-31H,3,9,11-13,15,18H2,1-2H3/t25-,26+/m0/s1. The first-order valence-electron chi connectivity index (χ1n) is 12.7. The Bertz CT molecular complexity index is 1400. The van der Waals surface area contributed by atoms with Crippen molar-refractivity contribution in [1.29, 1.82) is 5.26 Å². The van der Waals surface area contributed by atoms with Crippen molar-refractivity contribution in [2.45, 2.75) is 56.6 Å². The number of carbonyl (C=O) groups excluding carboxylic acids is 2. The van der Waals surface area contributed by atoms with Gasteiger partial charge in [0.1, 0.15) is 12.1 Å². The summed E-state index contributed by atoms with van der Waals surface area (Å²) in [6, 6.07) is 11.7. The molecule has 0 radical (unpaired) electrons. The molecule has 4 rings (SSSR count). The van der Waals surface area contributed by atoms with Crippen molar-refractivity contribution in [3.8, 4) is 6.07 Å². The first-order chi connectivity index (χ1) is 18.2. The van der Waals surface area contributed by atoms with Crippen LogP contribution in [0.4, 0.5) is 0 Å². The zero-order valence-electron chi connectivity index (χ0n) is 21.6. The van der Waals surface area contributed by atoms with Gasteiger partial charge in [-0.2, -0.15) is 9.98 Å². The molecule has 0 fully saturated rings. The third kappa shape index (κ3) is 6.30. The Morgan fingerprint density at radius 1 is 1.24 bits per heavy atom. The summed E-state index contributed by atoms with van der Waals surface area (Å²) in [6.07, 6.45) is 2.99. The minimum Gasteiger partial charge on any atom is -0.464 e. The molecule has 0 aliphatic carbocycles. The highest BCUT2D eigenvalue weighted by Crippen LogP contribution is 2.23. The number of nitrogens with one attached hydrogen (secondary N) is 2. The van der Waals surface area contributed by atoms with Gasteiger partial charge >= 0.3 is 5.97 Å². The summed E-state index contributed by atoms with van der Waals surface area (Å²) < 4.78 is 34.9. The SMILES string of the molecule is CCOC(=O)[C@H]1CC(C)=CCN1C(=O)[C@H](Cc1cccc(C#N)c1)NS(=O)(=O)c1ccc2c(c1)CNCC2. The average Bonchev–Trinajstić information content (AvgIpc) is 2.92. The number of nitriles is 1. The molecule has 0 saturated carbocycles. The number of carbonyl (C=O) groups is 2. The van der Waals surface area contributed by atoms with Crippen molar-refractivity contribution < 1.29 is 22.7 Å². The molecular weight excluding hydrogens is 504 g/mol. The highest BCUT2D eigenvalue weighted by Gasteiger charge is 2.38. The number of fused-ring (bicyclic) bond motifs is 1. The van der Waals surface area contributed by atoms with E-state index in [1.165, 1.54) is 4.90 Å². The normalized spacial score (nSPS) is 18.1. The molecule has 2 aliphatic rings. The third-order valence-corrected chi connectivity index (χ3v) is 8.31. The van der Waals surface area contributed by atoms with Gasteiger partial charge in [0.05, 0.1) is 23.1 Å². The number of rotatable bonds is 8. The Kier molecular flexibility index (Phi) is 8.62. The number of amides is 1. The van der Waals surface area contributed by atoms with Gasteiger partial charge in [0.15, 0.2) is 0 Å². The molecule has 2 aromatic carbocycles. The molecule has 9 nitrogen and oxygen atoms in total. The minimum atomic E-state index is -4.09. The van der Waals surface area contributed by atoms with Gasteiger partial charge in [-0.1, -0.05) is 29.8 Å². The number of ether oxygens (including phenoxy) is 1. The van der Waals surface area contributed by atoms with Gasteiger partial charge in [-0.25, -0.2) is 13.2 Å². The molecule has 2 heterocycles. The molecule has 38 heavy (non-hydrogen) atoms. The van der Waals surface area contributed by atoms with Crippen LogP contribution >= 0.6 is 0 Å². The maximum atomic E-state index is 13.9. The van der Waals surface area contributed by atoms with Crippen molar-refractivity contribution in [2.24, 2.45) is 0 Å². The number of nitrogens with zero attached hydrogens (tertiary/aromatic N) is 2. The van der Waals surface area contributed by atoms with Crippen LogP contribution in [0.2, 0.25) is 0 Å². The smallest absolute Gasteiger partial charge is 0.329 e. The fourth-order valence-corrected chi connectivity index (χ4v) is 6.07. The van der Waals surface area contributed by atoms with Gasteiger partial charge in [0.2, 0.25) is 15.9 Å². The second kappa shape index (κ2) is 11.9. The summed E-state index contributed by atoms with van der Waals surface area (Å²) in [6.45, 7) is 5.32. The number of hydrogen-bond acceptors (Lipinski definition) is 7. The van der Waals surface area contributed by atoms with Crippen molar-refractivity contribution in [1.82, 2.24) is 14.9 Å². The molecule has 0 unspecified atom stereocenters. The van der Waals surface area contributed by atoms with Gasteiger partial charge in [0.25, 0.3) is 0 Å². The van der Waals surface area contributed by atoms with E-state index in [9.17, 15) is 23.3 Å². The van der Waals surface area contributed by atoms with Gasteiger partial charge in [-0.05, 0) is 80.6 Å². The highest BCUT2D eigenvalue weighted by molar-refractivity contribution is 7.89. The van der Waals surface area contributed by atoms with E-state index >= 15 is 0 Å². The molecule has 2 aliphatic heterocycles. The van der Waals surface area contributed by atoms with E-state index in [-0.39, 0.29) is 24.5 Å². The summed E-state index contributed by atoms with van der Waals surface area (Å²) in [4.78, 5) is 28.1.